The third-order valence-corrected chi connectivity index (χ3v) is 6.15. The summed E-state index contributed by atoms with van der Waals surface area (Å²) in [6, 6.07) is 7.27. The zero-order valence-corrected chi connectivity index (χ0v) is 16.4. The molecule has 2 aromatic rings. The number of aryl methyl sites for hydroxylation is 3. The van der Waals surface area contributed by atoms with Crippen molar-refractivity contribution in [1.29, 1.82) is 0 Å². The van der Waals surface area contributed by atoms with E-state index in [2.05, 4.69) is 19.6 Å². The van der Waals surface area contributed by atoms with Crippen LogP contribution in [0.15, 0.2) is 29.2 Å². The average Bonchev–Trinajstić information content (AvgIpc) is 2.62. The Hall–Kier alpha value is -1.99. The van der Waals surface area contributed by atoms with Crippen molar-refractivity contribution >= 4 is 16.0 Å². The zero-order chi connectivity index (χ0) is 18.7. The van der Waals surface area contributed by atoms with Crippen molar-refractivity contribution in [1.82, 2.24) is 14.7 Å². The summed E-state index contributed by atoms with van der Waals surface area (Å²) in [4.78, 5) is 11.6. The van der Waals surface area contributed by atoms with E-state index in [0.717, 1.165) is 42.8 Å². The van der Waals surface area contributed by atoms with Crippen molar-refractivity contribution in [2.24, 2.45) is 0 Å². The number of piperidine rings is 1. The van der Waals surface area contributed by atoms with Crippen LogP contribution >= 0.6 is 0 Å². The largest absolute Gasteiger partial charge is 0.341 e. The molecule has 0 radical (unpaired) electrons. The highest BCUT2D eigenvalue weighted by Gasteiger charge is 2.18. The number of anilines is 1. The Bertz CT molecular complexity index is 890. The van der Waals surface area contributed by atoms with Crippen LogP contribution in [0.25, 0.3) is 0 Å². The van der Waals surface area contributed by atoms with Gasteiger partial charge >= 0.3 is 0 Å². The molecule has 0 unspecified atom stereocenters. The number of nitrogens with zero attached hydrogens (tertiary/aromatic N) is 3. The second kappa shape index (κ2) is 7.72. The van der Waals surface area contributed by atoms with Gasteiger partial charge in [-0.05, 0) is 63.3 Å². The van der Waals surface area contributed by atoms with E-state index in [4.69, 9.17) is 0 Å². The van der Waals surface area contributed by atoms with Crippen molar-refractivity contribution in [2.75, 3.05) is 18.0 Å². The normalized spacial score (nSPS) is 15.3. The predicted molar refractivity (Wildman–Crippen MR) is 103 cm³/mol. The Morgan fingerprint density at radius 1 is 1.04 bits per heavy atom. The van der Waals surface area contributed by atoms with Crippen LogP contribution in [0.2, 0.25) is 0 Å². The Labute approximate surface area is 155 Å². The first-order valence-electron chi connectivity index (χ1n) is 9.01. The molecule has 0 aliphatic carbocycles. The highest BCUT2D eigenvalue weighted by molar-refractivity contribution is 7.89. The lowest BCUT2D eigenvalue weighted by Crippen LogP contribution is -2.32. The first kappa shape index (κ1) is 18.8. The van der Waals surface area contributed by atoms with Crippen LogP contribution in [0.1, 0.15) is 41.8 Å². The molecule has 0 spiro atoms. The van der Waals surface area contributed by atoms with E-state index >= 15 is 0 Å². The second-order valence-electron chi connectivity index (χ2n) is 6.94. The highest BCUT2D eigenvalue weighted by atomic mass is 32.2. The van der Waals surface area contributed by atoms with E-state index in [0.29, 0.717) is 16.5 Å². The number of hydrogen-bond donors (Lipinski definition) is 1. The number of nitrogens with one attached hydrogen (secondary N) is 1. The van der Waals surface area contributed by atoms with Crippen LogP contribution in [0.4, 0.5) is 5.95 Å². The van der Waals surface area contributed by atoms with Crippen LogP contribution in [-0.2, 0) is 16.6 Å². The van der Waals surface area contributed by atoms with Gasteiger partial charge in [0.2, 0.25) is 16.0 Å². The molecular weight excluding hydrogens is 348 g/mol. The Morgan fingerprint density at radius 2 is 1.77 bits per heavy atom. The first-order valence-corrected chi connectivity index (χ1v) is 10.5. The minimum atomic E-state index is -3.59. The minimum absolute atomic E-state index is 0.153. The lowest BCUT2D eigenvalue weighted by atomic mass is 10.1. The molecule has 7 heteroatoms. The summed E-state index contributed by atoms with van der Waals surface area (Å²) >= 11 is 0. The maximum atomic E-state index is 12.7. The molecule has 1 aliphatic rings. The fourth-order valence-electron chi connectivity index (χ4n) is 3.19. The molecule has 1 fully saturated rings. The van der Waals surface area contributed by atoms with E-state index in [9.17, 15) is 8.42 Å². The third kappa shape index (κ3) is 4.40. The fourth-order valence-corrected chi connectivity index (χ4v) is 4.51. The molecular formula is C19H26N4O2S. The molecule has 1 saturated heterocycles. The molecule has 0 bridgehead atoms. The van der Waals surface area contributed by atoms with E-state index in [1.54, 1.807) is 13.0 Å². The summed E-state index contributed by atoms with van der Waals surface area (Å²) < 4.78 is 28.1. The molecule has 1 N–H and O–H groups in total. The van der Waals surface area contributed by atoms with Gasteiger partial charge in [-0.2, -0.15) is 0 Å². The maximum Gasteiger partial charge on any atom is 0.241 e. The van der Waals surface area contributed by atoms with Crippen molar-refractivity contribution in [3.63, 3.8) is 0 Å². The van der Waals surface area contributed by atoms with Gasteiger partial charge in [-0.25, -0.2) is 23.1 Å². The zero-order valence-electron chi connectivity index (χ0n) is 15.6. The van der Waals surface area contributed by atoms with Gasteiger partial charge in [0.05, 0.1) is 17.1 Å². The summed E-state index contributed by atoms with van der Waals surface area (Å²) in [5.74, 6) is 0.700. The van der Waals surface area contributed by atoms with Crippen molar-refractivity contribution in [3.8, 4) is 0 Å². The van der Waals surface area contributed by atoms with Crippen LogP contribution in [0.3, 0.4) is 0 Å². The fraction of sp³-hybridized carbons (Fsp3) is 0.474. The molecule has 140 valence electrons. The van der Waals surface area contributed by atoms with Crippen LogP contribution in [0.5, 0.6) is 0 Å². The second-order valence-corrected chi connectivity index (χ2v) is 8.68. The summed E-state index contributed by atoms with van der Waals surface area (Å²) in [6.07, 6.45) is 3.53. The molecule has 0 saturated carbocycles. The van der Waals surface area contributed by atoms with Crippen molar-refractivity contribution in [3.05, 3.63) is 46.8 Å². The number of hydrogen-bond acceptors (Lipinski definition) is 5. The van der Waals surface area contributed by atoms with Gasteiger partial charge in [0.1, 0.15) is 0 Å². The molecule has 1 aromatic carbocycles. The van der Waals surface area contributed by atoms with Crippen molar-refractivity contribution in [2.45, 2.75) is 51.5 Å². The third-order valence-electron chi connectivity index (χ3n) is 4.61. The molecule has 1 aromatic heterocycles. The van der Waals surface area contributed by atoms with E-state index in [1.807, 2.05) is 32.0 Å². The first-order chi connectivity index (χ1) is 12.3. The number of aromatic nitrogens is 2. The maximum absolute atomic E-state index is 12.7. The molecule has 0 amide bonds. The number of rotatable bonds is 5. The van der Waals surface area contributed by atoms with E-state index in [-0.39, 0.29) is 6.54 Å². The Balaban J connectivity index is 1.78. The van der Waals surface area contributed by atoms with Crippen LogP contribution < -0.4 is 9.62 Å². The van der Waals surface area contributed by atoms with Gasteiger partial charge in [0, 0.05) is 18.8 Å². The van der Waals surface area contributed by atoms with Gasteiger partial charge in [-0.1, -0.05) is 12.1 Å². The minimum Gasteiger partial charge on any atom is -0.341 e. The smallest absolute Gasteiger partial charge is 0.241 e. The van der Waals surface area contributed by atoms with Gasteiger partial charge in [0.15, 0.2) is 0 Å². The van der Waals surface area contributed by atoms with E-state index < -0.39 is 10.0 Å². The lowest BCUT2D eigenvalue weighted by Gasteiger charge is -2.27. The monoisotopic (exact) mass is 374 g/mol. The Morgan fingerprint density at radius 3 is 2.50 bits per heavy atom. The summed E-state index contributed by atoms with van der Waals surface area (Å²) in [5, 5.41) is 0. The molecule has 3 rings (SSSR count). The number of sulfonamides is 1. The molecule has 0 atom stereocenters. The summed E-state index contributed by atoms with van der Waals surface area (Å²) in [7, 11) is -3.59. The van der Waals surface area contributed by atoms with Crippen LogP contribution in [-0.4, -0.2) is 31.5 Å². The predicted octanol–water partition coefficient (Wildman–Crippen LogP) is 2.87. The van der Waals surface area contributed by atoms with Gasteiger partial charge in [-0.3, -0.25) is 0 Å². The van der Waals surface area contributed by atoms with Crippen LogP contribution in [0, 0.1) is 20.8 Å². The van der Waals surface area contributed by atoms with Crippen molar-refractivity contribution < 1.29 is 8.42 Å². The summed E-state index contributed by atoms with van der Waals surface area (Å²) in [6.45, 7) is 7.67. The molecule has 6 nitrogen and oxygen atoms in total. The highest BCUT2D eigenvalue weighted by Crippen LogP contribution is 2.19. The molecule has 2 heterocycles. The quantitative estimate of drug-likeness (QED) is 0.871. The standard InChI is InChI=1S/C19H26N4O2S/c1-14-7-8-15(2)18(11-14)26(24,25)20-13-17-12-16(3)21-19(22-17)23-9-5-4-6-10-23/h7-8,11-12,20H,4-6,9-10,13H2,1-3H3. The lowest BCUT2D eigenvalue weighted by molar-refractivity contribution is 0.565. The van der Waals surface area contributed by atoms with E-state index in [1.165, 1.54) is 6.42 Å². The van der Waals surface area contributed by atoms with Gasteiger partial charge in [0.25, 0.3) is 0 Å². The summed E-state index contributed by atoms with van der Waals surface area (Å²) in [5.41, 5.74) is 3.19. The molecule has 26 heavy (non-hydrogen) atoms. The van der Waals surface area contributed by atoms with Gasteiger partial charge in [-0.15, -0.1) is 0 Å². The average molecular weight is 375 g/mol. The topological polar surface area (TPSA) is 75.2 Å². The molecule has 1 aliphatic heterocycles. The van der Waals surface area contributed by atoms with Gasteiger partial charge < -0.3 is 4.90 Å². The number of benzene rings is 1. The Kier molecular flexibility index (Phi) is 5.58. The SMILES string of the molecule is Cc1ccc(C)c(S(=O)(=O)NCc2cc(C)nc(N3CCCCC3)n2)c1.